The van der Waals surface area contributed by atoms with Gasteiger partial charge in [-0.3, -0.25) is 33.2 Å². The van der Waals surface area contributed by atoms with E-state index in [0.29, 0.717) is 68.8 Å². The summed E-state index contributed by atoms with van der Waals surface area (Å²) in [5.41, 5.74) is 8.41. The molecule has 12 heterocycles. The van der Waals surface area contributed by atoms with Crippen molar-refractivity contribution in [1.29, 1.82) is 21.0 Å². The Labute approximate surface area is 811 Å². The number of aromatic nitrogens is 15. The van der Waals surface area contributed by atoms with Crippen LogP contribution in [0.1, 0.15) is 97.7 Å². The normalized spacial score (nSPS) is 18.3. The van der Waals surface area contributed by atoms with Crippen LogP contribution < -0.4 is 40.2 Å². The van der Waals surface area contributed by atoms with Gasteiger partial charge < -0.3 is 85.3 Å². The number of hydrogen-bond donors (Lipinski definition) is 9. The quantitative estimate of drug-likeness (QED) is 0.0216. The van der Waals surface area contributed by atoms with Gasteiger partial charge in [-0.1, -0.05) is 0 Å². The molecule has 0 unspecified atom stereocenters. The van der Waals surface area contributed by atoms with Gasteiger partial charge in [0.2, 0.25) is 5.91 Å². The number of aliphatic hydroxyl groups is 5. The van der Waals surface area contributed by atoms with E-state index < -0.39 is 104 Å². The lowest BCUT2D eigenvalue weighted by atomic mass is 10.0. The highest BCUT2D eigenvalue weighted by atomic mass is 32.1. The number of halogens is 4. The topological polar surface area (TPSA) is 532 Å². The zero-order valence-electron chi connectivity index (χ0n) is 78.2. The smallest absolute Gasteiger partial charge is 0.253 e. The number of nitrogens with zero attached hydrogens (tertiary/aromatic N) is 23. The number of aliphatic hydroxyl groups excluding tert-OH is 5. The number of aryl methyl sites for hydroxylation is 6. The van der Waals surface area contributed by atoms with Crippen molar-refractivity contribution >= 4 is 80.3 Å². The number of alkyl halides is 4. The summed E-state index contributed by atoms with van der Waals surface area (Å²) in [6.45, 7) is 14.7. The van der Waals surface area contributed by atoms with Crippen LogP contribution in [0.3, 0.4) is 0 Å². The Morgan fingerprint density at radius 3 is 1.07 bits per heavy atom. The second-order valence-electron chi connectivity index (χ2n) is 33.1. The number of hydrogen-bond acceptors (Lipinski definition) is 34. The SMILES string of the molecule is CCn1cc(Nc2ccnc(-c3ccc(O[C@H]4CCN(C(=O)CO)C[C@H]4F)c(C#N)c3)n2)c(C)n1.CCn1cc(Nc2ccnc(-c3ccc(O[C@H]4CCN(C(=O)[C@H](C)O)C[C@H]4F)c(C#N)c3)n2)c(C)n1.Cc1c(Nc2ccnc(-c3ccc(O[C@H]4CCN(C(=O)[C@@H](O)CO)C[C@H]4F)c(C#N)c3)n2)cnn1C.Cc1ncc(Nc2ccnc(-c3ccc(O[C@H]4CCN(C(=O)[C@H](C)O)C[C@H]4F)c(C#N)c3)n2)s1. The molecule has 12 aromatic rings. The first-order valence-corrected chi connectivity index (χ1v) is 45.9. The fourth-order valence-corrected chi connectivity index (χ4v) is 16.0. The third-order valence-corrected chi connectivity index (χ3v) is 24.0. The van der Waals surface area contributed by atoms with Crippen LogP contribution in [0.25, 0.3) is 45.6 Å². The van der Waals surface area contributed by atoms with E-state index in [2.05, 4.69) is 106 Å². The van der Waals surface area contributed by atoms with E-state index >= 15 is 0 Å². The molecule has 8 aromatic heterocycles. The average molecular weight is 1950 g/mol. The molecule has 0 aliphatic carbocycles. The third kappa shape index (κ3) is 26.2. The second kappa shape index (κ2) is 47.5. The molecule has 4 aliphatic heterocycles. The summed E-state index contributed by atoms with van der Waals surface area (Å²) in [5, 5.41) is 113. The molecule has 4 aromatic carbocycles. The van der Waals surface area contributed by atoms with Crippen LogP contribution in [0.5, 0.6) is 23.0 Å². The van der Waals surface area contributed by atoms with E-state index in [1.165, 1.54) is 39.9 Å². The fraction of sp³-hybridized carbons (Fsp3) is 0.375. The van der Waals surface area contributed by atoms with Crippen molar-refractivity contribution in [3.8, 4) is 92.8 Å². The van der Waals surface area contributed by atoms with Gasteiger partial charge >= 0.3 is 0 Å². The Bertz CT molecular complexity index is 6620. The summed E-state index contributed by atoms with van der Waals surface area (Å²) < 4.78 is 87.5. The number of anilines is 8. The molecule has 141 heavy (non-hydrogen) atoms. The number of nitrogens with one attached hydrogen (secondary N) is 4. The van der Waals surface area contributed by atoms with Crippen molar-refractivity contribution in [2.24, 2.45) is 7.05 Å². The Morgan fingerprint density at radius 2 is 0.787 bits per heavy atom. The molecule has 4 fully saturated rings. The Hall–Kier alpha value is -15.8. The molecular weight excluding hydrogens is 1850 g/mol. The Balaban J connectivity index is 0.000000158. The largest absolute Gasteiger partial charge is 0.486 e. The van der Waals surface area contributed by atoms with Crippen LogP contribution in [0.4, 0.5) is 62.9 Å². The van der Waals surface area contributed by atoms with Crippen LogP contribution in [0.2, 0.25) is 0 Å². The zero-order chi connectivity index (χ0) is 101. The van der Waals surface area contributed by atoms with Crippen LogP contribution in [0, 0.1) is 73.0 Å². The number of carbonyl (C=O) groups is 4. The lowest BCUT2D eigenvalue weighted by Gasteiger charge is -2.35. The molecule has 4 aliphatic rings. The number of benzene rings is 4. The first-order valence-electron chi connectivity index (χ1n) is 45.0. The van der Waals surface area contributed by atoms with E-state index in [1.54, 1.807) is 139 Å². The Kier molecular flexibility index (Phi) is 34.6. The molecule has 0 saturated carbocycles. The molecule has 9 N–H and O–H groups in total. The molecule has 0 radical (unpaired) electrons. The summed E-state index contributed by atoms with van der Waals surface area (Å²) in [6.07, 6.45) is 1.56. The lowest BCUT2D eigenvalue weighted by molar-refractivity contribution is -0.146. The first kappa shape index (κ1) is 103. The number of carbonyl (C=O) groups excluding carboxylic acids is 4. The highest BCUT2D eigenvalue weighted by molar-refractivity contribution is 7.15. The average Bonchev–Trinajstić information content (AvgIpc) is 1.78. The highest BCUT2D eigenvalue weighted by Crippen LogP contribution is 2.37. The van der Waals surface area contributed by atoms with Crippen LogP contribution in [-0.4, -0.2) is 276 Å². The lowest BCUT2D eigenvalue weighted by Crippen LogP contribution is -2.52. The molecule has 11 atom stereocenters. The molecule has 16 rings (SSSR count). The Morgan fingerprint density at radius 1 is 0.461 bits per heavy atom. The molecule has 0 bridgehead atoms. The van der Waals surface area contributed by atoms with Crippen LogP contribution in [-0.2, 0) is 39.3 Å². The number of rotatable bonds is 27. The first-order chi connectivity index (χ1) is 67.8. The monoisotopic (exact) mass is 1950 g/mol. The highest BCUT2D eigenvalue weighted by Gasteiger charge is 2.40. The van der Waals surface area contributed by atoms with E-state index in [-0.39, 0.29) is 123 Å². The maximum absolute atomic E-state index is 14.8. The van der Waals surface area contributed by atoms with Gasteiger partial charge in [0.25, 0.3) is 17.7 Å². The maximum Gasteiger partial charge on any atom is 0.253 e. The molecule has 4 amide bonds. The van der Waals surface area contributed by atoms with Gasteiger partial charge in [-0.2, -0.15) is 36.3 Å². The minimum Gasteiger partial charge on any atom is -0.486 e. The van der Waals surface area contributed by atoms with Crippen molar-refractivity contribution in [3.63, 3.8) is 0 Å². The van der Waals surface area contributed by atoms with Crippen LogP contribution in [0.15, 0.2) is 147 Å². The van der Waals surface area contributed by atoms with Crippen molar-refractivity contribution in [3.05, 3.63) is 191 Å². The van der Waals surface area contributed by atoms with Gasteiger partial charge in [0.15, 0.2) is 54.1 Å². The van der Waals surface area contributed by atoms with Gasteiger partial charge in [-0.05, 0) is 152 Å². The standard InChI is InChI=1S/C25H28FN7O3.C24H26FN7O4.C24H26FN7O3.C23H23FN6O3S/c1-4-33-14-20(15(2)31-33)29-23-7-9-28-24(30-23)17-5-6-21(18(11-17)12-27)36-22-8-10-32(13-19(22)26)25(35)16(3)34;1-14-18(11-28-31(14)2)29-22-5-7-27-23(30-22)15-3-4-20(16(9-15)10-26)36-21-6-8-32(12-17(21)25)24(35)19(34)13-33;1-3-32-13-19(15(2)30-32)28-22-6-8-27-24(29-22)16-4-5-20(17(10-16)11-26)35-21-7-9-31(12-18(21)25)23(34)14-33;1-13(31)23(32)30-8-6-19(17(24)12-30)33-18-4-3-15(9-16(18)10-25)22-26-7-5-20(29-22)28-21-11-27-14(2)34-21/h5-7,9,11,14,16,19,22,34H,4,8,10,13H2,1-3H3,(H,28,29,30);3-5,7,9,11,17,19,21,33-34H,6,8,12-13H2,1-2H3,(H,27,29,30);4-6,8,10,13,18,21,33H,3,7,9,12,14H2,1-2H3,(H,27,28,29);3-5,7,9,11,13,17,19,31H,6,8,12H2,1-2H3,(H,26,28,29)/t16-,19+,22-;17-,19+,21+;18-,21+;13-,17+,19-/m0110/s1. The summed E-state index contributed by atoms with van der Waals surface area (Å²) >= 11 is 1.50. The zero-order valence-corrected chi connectivity index (χ0v) is 79.0. The second-order valence-corrected chi connectivity index (χ2v) is 34.3. The van der Waals surface area contributed by atoms with E-state index in [0.717, 1.165) is 62.1 Å². The third-order valence-electron chi connectivity index (χ3n) is 23.1. The molecule has 4 saturated heterocycles. The predicted molar refractivity (Wildman–Crippen MR) is 508 cm³/mol. The van der Waals surface area contributed by atoms with Gasteiger partial charge in [0.1, 0.15) is 119 Å². The fourth-order valence-electron chi connectivity index (χ4n) is 15.4. The van der Waals surface area contributed by atoms with E-state index in [4.69, 9.17) is 29.2 Å². The number of likely N-dealkylation sites (tertiary alicyclic amines) is 4. The summed E-state index contributed by atoms with van der Waals surface area (Å²) in [6, 6.07) is 34.9. The van der Waals surface area contributed by atoms with Crippen molar-refractivity contribution in [2.75, 3.05) is 86.8 Å². The summed E-state index contributed by atoms with van der Waals surface area (Å²) in [5.74, 6) is 2.66. The van der Waals surface area contributed by atoms with Gasteiger partial charge in [-0.15, -0.1) is 11.3 Å². The molecule has 45 heteroatoms. The van der Waals surface area contributed by atoms with E-state index in [1.807, 2.05) is 70.3 Å². The number of thiazole rings is 1. The minimum atomic E-state index is -1.57. The van der Waals surface area contributed by atoms with Gasteiger partial charge in [0.05, 0.1) is 107 Å². The molecule has 0 spiro atoms. The van der Waals surface area contributed by atoms with Crippen LogP contribution >= 0.6 is 11.3 Å². The molecular formula is C96H103F4N27O13S. The number of nitriles is 4. The summed E-state index contributed by atoms with van der Waals surface area (Å²) in [4.78, 5) is 92.1. The molecule has 40 nitrogen and oxygen atoms in total. The maximum atomic E-state index is 14.8. The predicted octanol–water partition coefficient (Wildman–Crippen LogP) is 10.3. The van der Waals surface area contributed by atoms with Gasteiger partial charge in [-0.25, -0.2) is 62.4 Å². The van der Waals surface area contributed by atoms with Crippen molar-refractivity contribution < 1.29 is 81.2 Å². The van der Waals surface area contributed by atoms with E-state index in [9.17, 15) is 73.1 Å². The number of piperidine rings is 4. The summed E-state index contributed by atoms with van der Waals surface area (Å²) in [7, 11) is 1.84. The van der Waals surface area contributed by atoms with Crippen molar-refractivity contribution in [2.45, 2.75) is 162 Å². The number of amides is 4. The number of ether oxygens (including phenoxy) is 4. The van der Waals surface area contributed by atoms with Gasteiger partial charge in [0, 0.05) is 131 Å². The minimum absolute atomic E-state index is 0.158. The van der Waals surface area contributed by atoms with Crippen molar-refractivity contribution in [1.82, 2.24) is 93.8 Å². The molecule has 734 valence electrons.